The van der Waals surface area contributed by atoms with Crippen LogP contribution in [0.3, 0.4) is 0 Å². The molecule has 2 aromatic heterocycles. The number of anilines is 2. The van der Waals surface area contributed by atoms with Gasteiger partial charge in [0.2, 0.25) is 5.95 Å². The van der Waals surface area contributed by atoms with Crippen molar-refractivity contribution in [2.24, 2.45) is 0 Å². The fraction of sp³-hybridized carbons (Fsp3) is 0.105. The van der Waals surface area contributed by atoms with Crippen molar-refractivity contribution < 1.29 is 14.6 Å². The van der Waals surface area contributed by atoms with E-state index in [0.29, 0.717) is 29.4 Å². The summed E-state index contributed by atoms with van der Waals surface area (Å²) >= 11 is 6.02. The predicted molar refractivity (Wildman–Crippen MR) is 107 cm³/mol. The molecule has 29 heavy (non-hydrogen) atoms. The lowest BCUT2D eigenvalue weighted by molar-refractivity contribution is 0.0697. The highest BCUT2D eigenvalue weighted by molar-refractivity contribution is 6.33. The van der Waals surface area contributed by atoms with Gasteiger partial charge in [0, 0.05) is 12.8 Å². The number of aromatic nitrogens is 5. The Balaban J connectivity index is 1.68. The van der Waals surface area contributed by atoms with Crippen LogP contribution in [0.25, 0.3) is 16.9 Å². The van der Waals surface area contributed by atoms with Crippen molar-refractivity contribution in [2.45, 2.75) is 6.61 Å². The largest absolute Gasteiger partial charge is 0.478 e. The maximum absolute atomic E-state index is 11.1. The Morgan fingerprint density at radius 3 is 2.90 bits per heavy atom. The van der Waals surface area contributed by atoms with Gasteiger partial charge in [0.05, 0.1) is 29.1 Å². The zero-order valence-corrected chi connectivity index (χ0v) is 16.0. The maximum atomic E-state index is 11.1. The lowest BCUT2D eigenvalue weighted by Crippen LogP contribution is -2.03. The van der Waals surface area contributed by atoms with Gasteiger partial charge < -0.3 is 15.2 Å². The fourth-order valence-electron chi connectivity index (χ4n) is 2.80. The summed E-state index contributed by atoms with van der Waals surface area (Å²) < 4.78 is 6.79. The topological polar surface area (TPSA) is 115 Å². The number of methoxy groups -OCH3 is 1. The monoisotopic (exact) mass is 410 g/mol. The maximum Gasteiger partial charge on any atom is 0.337 e. The van der Waals surface area contributed by atoms with Crippen LogP contribution in [0.2, 0.25) is 5.02 Å². The third-order valence-corrected chi connectivity index (χ3v) is 4.43. The van der Waals surface area contributed by atoms with E-state index < -0.39 is 5.97 Å². The summed E-state index contributed by atoms with van der Waals surface area (Å²) in [6.07, 6.45) is 1.56. The first-order chi connectivity index (χ1) is 14.0. The average molecular weight is 411 g/mol. The Morgan fingerprint density at radius 1 is 1.28 bits per heavy atom. The minimum Gasteiger partial charge on any atom is -0.478 e. The zero-order valence-electron chi connectivity index (χ0n) is 15.2. The van der Waals surface area contributed by atoms with Gasteiger partial charge in [-0.3, -0.25) is 0 Å². The van der Waals surface area contributed by atoms with Gasteiger partial charge in [-0.1, -0.05) is 28.9 Å². The summed E-state index contributed by atoms with van der Waals surface area (Å²) in [4.78, 5) is 19.8. The molecular weight excluding hydrogens is 396 g/mol. The molecule has 0 atom stereocenters. The van der Waals surface area contributed by atoms with E-state index >= 15 is 0 Å². The van der Waals surface area contributed by atoms with Gasteiger partial charge in [-0.25, -0.2) is 9.78 Å². The molecule has 9 nitrogen and oxygen atoms in total. The number of carbonyl (C=O) groups is 1. The molecule has 0 spiro atoms. The van der Waals surface area contributed by atoms with E-state index in [1.165, 1.54) is 12.1 Å². The fourth-order valence-corrected chi connectivity index (χ4v) is 3.06. The Morgan fingerprint density at radius 2 is 2.14 bits per heavy atom. The minimum absolute atomic E-state index is 0.0202. The van der Waals surface area contributed by atoms with E-state index in [9.17, 15) is 4.79 Å². The van der Waals surface area contributed by atoms with Crippen LogP contribution in [0.5, 0.6) is 0 Å². The van der Waals surface area contributed by atoms with Crippen molar-refractivity contribution in [3.63, 3.8) is 0 Å². The second-order valence-electron chi connectivity index (χ2n) is 6.13. The number of aromatic carboxylic acids is 1. The first kappa shape index (κ1) is 18.8. The van der Waals surface area contributed by atoms with E-state index in [1.807, 2.05) is 24.3 Å². The number of nitrogens with one attached hydrogen (secondary N) is 1. The number of carboxylic acids is 1. The molecule has 0 radical (unpaired) electrons. The molecule has 4 aromatic rings. The third kappa shape index (κ3) is 3.86. The van der Waals surface area contributed by atoms with E-state index in [-0.39, 0.29) is 10.6 Å². The van der Waals surface area contributed by atoms with Crippen molar-refractivity contribution in [1.29, 1.82) is 0 Å². The van der Waals surface area contributed by atoms with E-state index in [4.69, 9.17) is 21.4 Å². The highest BCUT2D eigenvalue weighted by atomic mass is 35.5. The smallest absolute Gasteiger partial charge is 0.337 e. The third-order valence-electron chi connectivity index (χ3n) is 4.11. The summed E-state index contributed by atoms with van der Waals surface area (Å²) in [5.74, 6) is -0.793. The summed E-state index contributed by atoms with van der Waals surface area (Å²) in [7, 11) is 1.64. The molecular formula is C19H15ClN6O3. The molecule has 4 rings (SSSR count). The molecule has 2 N–H and O–H groups in total. The standard InChI is InChI=1S/C19H15ClN6O3/c1-29-10-11-3-2-4-13(7-11)26-17-16(24-25-26)9-21-19(23-17)22-12-5-6-14(18(27)28)15(20)8-12/h2-9H,10H2,1H3,(H,27,28)(H,21,22,23). The summed E-state index contributed by atoms with van der Waals surface area (Å²) in [6.45, 7) is 0.482. The highest BCUT2D eigenvalue weighted by Gasteiger charge is 2.12. The van der Waals surface area contributed by atoms with Crippen molar-refractivity contribution in [1.82, 2.24) is 25.0 Å². The van der Waals surface area contributed by atoms with Crippen LogP contribution in [0, 0.1) is 0 Å². The van der Waals surface area contributed by atoms with Crippen molar-refractivity contribution in [3.05, 3.63) is 64.8 Å². The lowest BCUT2D eigenvalue weighted by Gasteiger charge is -2.08. The number of hydrogen-bond donors (Lipinski definition) is 2. The number of halogens is 1. The lowest BCUT2D eigenvalue weighted by atomic mass is 10.2. The molecule has 0 bridgehead atoms. The van der Waals surface area contributed by atoms with Gasteiger partial charge in [-0.2, -0.15) is 9.67 Å². The molecule has 0 saturated heterocycles. The molecule has 0 aliphatic carbocycles. The van der Waals surface area contributed by atoms with Crippen molar-refractivity contribution in [3.8, 4) is 5.69 Å². The van der Waals surface area contributed by atoms with Crippen LogP contribution in [0.4, 0.5) is 11.6 Å². The van der Waals surface area contributed by atoms with Crippen LogP contribution < -0.4 is 5.32 Å². The Kier molecular flexibility index (Phi) is 5.07. The van der Waals surface area contributed by atoms with Gasteiger partial charge in [-0.05, 0) is 35.9 Å². The first-order valence-corrected chi connectivity index (χ1v) is 8.89. The molecule has 0 unspecified atom stereocenters. The number of rotatable bonds is 6. The van der Waals surface area contributed by atoms with Gasteiger partial charge >= 0.3 is 5.97 Å². The van der Waals surface area contributed by atoms with E-state index in [2.05, 4.69) is 25.6 Å². The van der Waals surface area contributed by atoms with Crippen LogP contribution in [0.1, 0.15) is 15.9 Å². The van der Waals surface area contributed by atoms with E-state index in [0.717, 1.165) is 11.3 Å². The first-order valence-electron chi connectivity index (χ1n) is 8.52. The normalized spacial score (nSPS) is 11.0. The molecule has 0 amide bonds. The summed E-state index contributed by atoms with van der Waals surface area (Å²) in [6, 6.07) is 12.2. The molecule has 0 aliphatic rings. The Labute approximate surface area is 169 Å². The molecule has 146 valence electrons. The Hall–Kier alpha value is -3.56. The molecule has 2 heterocycles. The Bertz CT molecular complexity index is 1210. The summed E-state index contributed by atoms with van der Waals surface area (Å²) in [5.41, 5.74) is 3.42. The van der Waals surface area contributed by atoms with Gasteiger partial charge in [0.1, 0.15) is 0 Å². The van der Waals surface area contributed by atoms with Gasteiger partial charge in [0.25, 0.3) is 0 Å². The van der Waals surface area contributed by atoms with Gasteiger partial charge in [0.15, 0.2) is 11.2 Å². The summed E-state index contributed by atoms with van der Waals surface area (Å²) in [5, 5.41) is 20.5. The molecule has 0 saturated carbocycles. The van der Waals surface area contributed by atoms with Crippen molar-refractivity contribution >= 4 is 40.4 Å². The van der Waals surface area contributed by atoms with E-state index in [1.54, 1.807) is 24.1 Å². The number of nitrogens with zero attached hydrogens (tertiary/aromatic N) is 5. The number of fused-ring (bicyclic) bond motifs is 1. The van der Waals surface area contributed by atoms with Crippen LogP contribution in [-0.2, 0) is 11.3 Å². The second kappa shape index (κ2) is 7.82. The predicted octanol–water partition coefficient (Wildman–Crippen LogP) is 3.45. The number of carboxylic acid groups (broad SMARTS) is 1. The SMILES string of the molecule is COCc1cccc(-n2nnc3cnc(Nc4ccc(C(=O)O)c(Cl)c4)nc32)c1. The molecule has 0 fully saturated rings. The molecule has 2 aromatic carbocycles. The quantitative estimate of drug-likeness (QED) is 0.496. The van der Waals surface area contributed by atoms with Crippen LogP contribution >= 0.6 is 11.6 Å². The number of ether oxygens (including phenoxy) is 1. The number of benzene rings is 2. The zero-order chi connectivity index (χ0) is 20.4. The highest BCUT2D eigenvalue weighted by Crippen LogP contribution is 2.23. The average Bonchev–Trinajstić information content (AvgIpc) is 3.11. The van der Waals surface area contributed by atoms with Gasteiger partial charge in [-0.15, -0.1) is 5.10 Å². The molecule has 10 heteroatoms. The number of hydrogen-bond acceptors (Lipinski definition) is 7. The second-order valence-corrected chi connectivity index (χ2v) is 6.54. The molecule has 0 aliphatic heterocycles. The van der Waals surface area contributed by atoms with Crippen molar-refractivity contribution in [2.75, 3.05) is 12.4 Å². The minimum atomic E-state index is -1.09. The van der Waals surface area contributed by atoms with Crippen LogP contribution in [0.15, 0.2) is 48.7 Å². The van der Waals surface area contributed by atoms with Crippen LogP contribution in [-0.4, -0.2) is 43.1 Å².